The zero-order valence-corrected chi connectivity index (χ0v) is 13.1. The molecule has 0 fully saturated rings. The van der Waals surface area contributed by atoms with E-state index in [9.17, 15) is 4.79 Å². The Bertz CT molecular complexity index is 423. The van der Waals surface area contributed by atoms with E-state index in [0.29, 0.717) is 19.6 Å². The van der Waals surface area contributed by atoms with Gasteiger partial charge in [-0.15, -0.1) is 0 Å². The van der Waals surface area contributed by atoms with Gasteiger partial charge in [-0.3, -0.25) is 4.79 Å². The third kappa shape index (κ3) is 4.84. The van der Waals surface area contributed by atoms with Gasteiger partial charge in [-0.1, -0.05) is 13.0 Å². The topological polar surface area (TPSA) is 47.6 Å². The van der Waals surface area contributed by atoms with Crippen molar-refractivity contribution in [3.63, 3.8) is 0 Å². The highest BCUT2D eigenvalue weighted by molar-refractivity contribution is 9.10. The number of nitrogens with one attached hydrogen (secondary N) is 1. The van der Waals surface area contributed by atoms with Crippen LogP contribution in [0.2, 0.25) is 0 Å². The molecule has 0 saturated carbocycles. The molecule has 0 saturated heterocycles. The van der Waals surface area contributed by atoms with Gasteiger partial charge in [0.05, 0.1) is 11.6 Å². The molecule has 1 aromatic carbocycles. The highest BCUT2D eigenvalue weighted by Crippen LogP contribution is 2.25. The van der Waals surface area contributed by atoms with Crippen LogP contribution in [0.3, 0.4) is 0 Å². The van der Waals surface area contributed by atoms with Crippen LogP contribution in [0.4, 0.5) is 0 Å². The van der Waals surface area contributed by atoms with E-state index in [1.54, 1.807) is 7.11 Å². The van der Waals surface area contributed by atoms with Crippen LogP contribution < -0.4 is 10.1 Å². The van der Waals surface area contributed by atoms with Crippen LogP contribution >= 0.6 is 15.9 Å². The van der Waals surface area contributed by atoms with Gasteiger partial charge in [-0.05, 0) is 47.0 Å². The molecule has 1 amide bonds. The molecular weight excluding hydrogens is 310 g/mol. The Kier molecular flexibility index (Phi) is 6.87. The largest absolute Gasteiger partial charge is 0.496 e. The van der Waals surface area contributed by atoms with Crippen molar-refractivity contribution in [2.75, 3.05) is 13.7 Å². The molecule has 4 nitrogen and oxygen atoms in total. The van der Waals surface area contributed by atoms with Crippen molar-refractivity contribution in [2.24, 2.45) is 0 Å². The van der Waals surface area contributed by atoms with E-state index < -0.39 is 0 Å². The van der Waals surface area contributed by atoms with Crippen LogP contribution in [0.1, 0.15) is 25.8 Å². The summed E-state index contributed by atoms with van der Waals surface area (Å²) in [6, 6.07) is 5.72. The minimum absolute atomic E-state index is 0.0729. The SMILES string of the molecule is CCO[C@H](CC)C(=O)NCc1ccc(OC)c(Br)c1. The molecule has 1 aromatic rings. The van der Waals surface area contributed by atoms with Gasteiger partial charge < -0.3 is 14.8 Å². The summed E-state index contributed by atoms with van der Waals surface area (Å²) in [5.74, 6) is 0.701. The Labute approximate surface area is 122 Å². The molecule has 19 heavy (non-hydrogen) atoms. The fourth-order valence-electron chi connectivity index (χ4n) is 1.70. The minimum atomic E-state index is -0.369. The second-order valence-corrected chi connectivity index (χ2v) is 4.89. The third-order valence-corrected chi connectivity index (χ3v) is 3.33. The fourth-order valence-corrected chi connectivity index (χ4v) is 2.29. The number of hydrogen-bond donors (Lipinski definition) is 1. The molecule has 0 aliphatic rings. The Hall–Kier alpha value is -1.07. The highest BCUT2D eigenvalue weighted by atomic mass is 79.9. The fraction of sp³-hybridized carbons (Fsp3) is 0.500. The lowest BCUT2D eigenvalue weighted by atomic mass is 10.2. The summed E-state index contributed by atoms with van der Waals surface area (Å²) in [7, 11) is 1.62. The number of rotatable bonds is 7. The molecule has 0 heterocycles. The van der Waals surface area contributed by atoms with Crippen LogP contribution in [0.5, 0.6) is 5.75 Å². The zero-order chi connectivity index (χ0) is 14.3. The Balaban J connectivity index is 2.56. The summed E-state index contributed by atoms with van der Waals surface area (Å²) in [6.07, 6.45) is 0.304. The molecule has 0 radical (unpaired) electrons. The summed E-state index contributed by atoms with van der Waals surface area (Å²) in [5.41, 5.74) is 1.01. The monoisotopic (exact) mass is 329 g/mol. The lowest BCUT2D eigenvalue weighted by Gasteiger charge is -2.15. The molecule has 0 bridgehead atoms. The first-order valence-corrected chi connectivity index (χ1v) is 7.13. The van der Waals surface area contributed by atoms with E-state index in [2.05, 4.69) is 21.2 Å². The molecule has 0 aliphatic heterocycles. The van der Waals surface area contributed by atoms with E-state index in [-0.39, 0.29) is 12.0 Å². The van der Waals surface area contributed by atoms with Crippen molar-refractivity contribution in [1.82, 2.24) is 5.32 Å². The molecule has 1 rings (SSSR count). The van der Waals surface area contributed by atoms with E-state index in [1.807, 2.05) is 32.0 Å². The van der Waals surface area contributed by atoms with Gasteiger partial charge in [-0.25, -0.2) is 0 Å². The highest BCUT2D eigenvalue weighted by Gasteiger charge is 2.15. The summed E-state index contributed by atoms with van der Waals surface area (Å²) >= 11 is 3.42. The van der Waals surface area contributed by atoms with Crippen molar-refractivity contribution in [3.8, 4) is 5.75 Å². The Morgan fingerprint density at radius 2 is 2.16 bits per heavy atom. The van der Waals surface area contributed by atoms with Crippen molar-refractivity contribution in [2.45, 2.75) is 32.9 Å². The lowest BCUT2D eigenvalue weighted by Crippen LogP contribution is -2.35. The summed E-state index contributed by atoms with van der Waals surface area (Å²) < 4.78 is 11.4. The number of ether oxygens (including phenoxy) is 2. The van der Waals surface area contributed by atoms with Crippen molar-refractivity contribution in [3.05, 3.63) is 28.2 Å². The van der Waals surface area contributed by atoms with E-state index >= 15 is 0 Å². The van der Waals surface area contributed by atoms with Crippen LogP contribution in [0.15, 0.2) is 22.7 Å². The van der Waals surface area contributed by atoms with Crippen LogP contribution in [0.25, 0.3) is 0 Å². The van der Waals surface area contributed by atoms with Crippen molar-refractivity contribution >= 4 is 21.8 Å². The number of amides is 1. The maximum absolute atomic E-state index is 11.9. The molecule has 0 aromatic heterocycles. The first-order chi connectivity index (χ1) is 9.12. The number of carbonyl (C=O) groups is 1. The van der Waals surface area contributed by atoms with Gasteiger partial charge >= 0.3 is 0 Å². The third-order valence-electron chi connectivity index (χ3n) is 2.71. The van der Waals surface area contributed by atoms with Gasteiger partial charge in [0.15, 0.2) is 0 Å². The summed E-state index contributed by atoms with van der Waals surface area (Å²) in [6.45, 7) is 4.84. The average molecular weight is 330 g/mol. The first-order valence-electron chi connectivity index (χ1n) is 6.34. The quantitative estimate of drug-likeness (QED) is 0.836. The molecular formula is C14H20BrNO3. The molecule has 0 spiro atoms. The number of halogens is 1. The number of carbonyl (C=O) groups excluding carboxylic acids is 1. The first kappa shape index (κ1) is 16.0. The molecule has 1 N–H and O–H groups in total. The number of hydrogen-bond acceptors (Lipinski definition) is 3. The standard InChI is InChI=1S/C14H20BrNO3/c1-4-12(19-5-2)14(17)16-9-10-6-7-13(18-3)11(15)8-10/h6-8,12H,4-5,9H2,1-3H3,(H,16,17)/t12-/m1/s1. The zero-order valence-electron chi connectivity index (χ0n) is 11.5. The van der Waals surface area contributed by atoms with Crippen LogP contribution in [0, 0.1) is 0 Å². The maximum Gasteiger partial charge on any atom is 0.249 e. The normalized spacial score (nSPS) is 12.0. The summed E-state index contributed by atoms with van der Waals surface area (Å²) in [4.78, 5) is 11.9. The van der Waals surface area contributed by atoms with Crippen molar-refractivity contribution in [1.29, 1.82) is 0 Å². The predicted molar refractivity (Wildman–Crippen MR) is 78.2 cm³/mol. The molecule has 5 heteroatoms. The average Bonchev–Trinajstić information content (AvgIpc) is 2.42. The van der Waals surface area contributed by atoms with E-state index in [4.69, 9.17) is 9.47 Å². The predicted octanol–water partition coefficient (Wildman–Crippen LogP) is 2.89. The van der Waals surface area contributed by atoms with Gasteiger partial charge in [0.25, 0.3) is 0 Å². The lowest BCUT2D eigenvalue weighted by molar-refractivity contribution is -0.132. The second-order valence-electron chi connectivity index (χ2n) is 4.04. The smallest absolute Gasteiger partial charge is 0.249 e. The van der Waals surface area contributed by atoms with Gasteiger partial charge in [0.1, 0.15) is 11.9 Å². The Morgan fingerprint density at radius 1 is 1.42 bits per heavy atom. The van der Waals surface area contributed by atoms with Gasteiger partial charge in [0, 0.05) is 13.2 Å². The number of benzene rings is 1. The summed E-state index contributed by atoms with van der Waals surface area (Å²) in [5, 5.41) is 2.87. The van der Waals surface area contributed by atoms with Gasteiger partial charge in [0.2, 0.25) is 5.91 Å². The minimum Gasteiger partial charge on any atom is -0.496 e. The van der Waals surface area contributed by atoms with Crippen LogP contribution in [-0.4, -0.2) is 25.7 Å². The molecule has 106 valence electrons. The van der Waals surface area contributed by atoms with Gasteiger partial charge in [-0.2, -0.15) is 0 Å². The Morgan fingerprint density at radius 3 is 2.68 bits per heavy atom. The maximum atomic E-state index is 11.9. The second kappa shape index (κ2) is 8.17. The number of methoxy groups -OCH3 is 1. The molecule has 0 unspecified atom stereocenters. The van der Waals surface area contributed by atoms with Crippen molar-refractivity contribution < 1.29 is 14.3 Å². The van der Waals surface area contributed by atoms with Crippen LogP contribution in [-0.2, 0) is 16.1 Å². The molecule has 1 atom stereocenters. The van der Waals surface area contributed by atoms with E-state index in [1.165, 1.54) is 0 Å². The molecule has 0 aliphatic carbocycles. The van der Waals surface area contributed by atoms with E-state index in [0.717, 1.165) is 15.8 Å².